The van der Waals surface area contributed by atoms with Gasteiger partial charge in [-0.15, -0.1) is 0 Å². The van der Waals surface area contributed by atoms with Crippen molar-refractivity contribution in [3.05, 3.63) is 42.0 Å². The van der Waals surface area contributed by atoms with E-state index in [1.165, 1.54) is 24.3 Å². The van der Waals surface area contributed by atoms with Crippen molar-refractivity contribution in [1.29, 1.82) is 0 Å². The number of hydrogen-bond donors (Lipinski definition) is 1. The smallest absolute Gasteiger partial charge is 0.305 e. The second-order valence-electron chi connectivity index (χ2n) is 5.42. The largest absolute Gasteiger partial charge is 0.481 e. The van der Waals surface area contributed by atoms with Crippen LogP contribution in [0, 0.1) is 0 Å². The Labute approximate surface area is 150 Å². The molecule has 1 heterocycles. The molecule has 27 heavy (non-hydrogen) atoms. The van der Waals surface area contributed by atoms with E-state index in [2.05, 4.69) is 14.8 Å². The Balaban J connectivity index is 2.28. The first-order valence-corrected chi connectivity index (χ1v) is 8.68. The van der Waals surface area contributed by atoms with Crippen LogP contribution in [0.25, 0.3) is 0 Å². The van der Waals surface area contributed by atoms with Gasteiger partial charge in [0.15, 0.2) is 0 Å². The summed E-state index contributed by atoms with van der Waals surface area (Å²) in [5.74, 6) is -4.60. The summed E-state index contributed by atoms with van der Waals surface area (Å²) in [7, 11) is -4.36. The number of sulfonamides is 1. The fourth-order valence-corrected chi connectivity index (χ4v) is 4.85. The zero-order valence-corrected chi connectivity index (χ0v) is 14.0. The molecule has 3 rings (SSSR count). The number of carbonyl (C=O) groups is 1. The van der Waals surface area contributed by atoms with E-state index in [4.69, 9.17) is 5.11 Å². The highest BCUT2D eigenvalue weighted by atomic mass is 32.2. The van der Waals surface area contributed by atoms with Crippen molar-refractivity contribution in [3.8, 4) is 17.2 Å². The average Bonchev–Trinajstić information content (AvgIpc) is 2.87. The number of carboxylic acids is 1. The van der Waals surface area contributed by atoms with Crippen LogP contribution in [0.15, 0.2) is 41.3 Å². The molecule has 2 aromatic carbocycles. The minimum absolute atomic E-state index is 0.137. The molecule has 0 bridgehead atoms. The van der Waals surface area contributed by atoms with Gasteiger partial charge in [-0.25, -0.2) is 8.42 Å². The number of nitrogens with zero attached hydrogens (tertiary/aromatic N) is 1. The molecule has 0 fully saturated rings. The summed E-state index contributed by atoms with van der Waals surface area (Å²) in [6.45, 7) is 0. The molecule has 0 saturated heterocycles. The van der Waals surface area contributed by atoms with Crippen LogP contribution in [0.3, 0.4) is 0 Å². The van der Waals surface area contributed by atoms with Crippen LogP contribution >= 0.6 is 0 Å². The third-order valence-electron chi connectivity index (χ3n) is 4.00. The summed E-state index contributed by atoms with van der Waals surface area (Å²) in [6.07, 6.45) is -0.685. The molecule has 0 amide bonds. The first kappa shape index (κ1) is 18.6. The lowest BCUT2D eigenvalue weighted by Crippen LogP contribution is -2.30. The minimum atomic E-state index is -4.36. The van der Waals surface area contributed by atoms with Gasteiger partial charge in [-0.3, -0.25) is 23.9 Å². The minimum Gasteiger partial charge on any atom is -0.481 e. The maximum Gasteiger partial charge on any atom is 0.305 e. The van der Waals surface area contributed by atoms with Crippen LogP contribution in [0.1, 0.15) is 18.0 Å². The van der Waals surface area contributed by atoms with Crippen molar-refractivity contribution in [1.82, 2.24) is 0 Å². The van der Waals surface area contributed by atoms with E-state index in [0.29, 0.717) is 4.31 Å². The van der Waals surface area contributed by atoms with Crippen LogP contribution in [0.2, 0.25) is 0 Å². The summed E-state index contributed by atoms with van der Waals surface area (Å²) in [6, 6.07) is 5.88. The van der Waals surface area contributed by atoms with Gasteiger partial charge in [0.05, 0.1) is 17.4 Å². The number of carboxylic acid groups (broad SMARTS) is 1. The molecule has 2 aromatic rings. The van der Waals surface area contributed by atoms with Crippen LogP contribution in [0.5, 0.6) is 17.2 Å². The molecule has 1 unspecified atom stereocenters. The third kappa shape index (κ3) is 2.87. The molecular formula is C15H10F3NO7S. The quantitative estimate of drug-likeness (QED) is 0.787. The number of hydrogen-bond acceptors (Lipinski definition) is 6. The zero-order valence-electron chi connectivity index (χ0n) is 13.1. The molecular weight excluding hydrogens is 395 g/mol. The van der Waals surface area contributed by atoms with E-state index in [1.807, 2.05) is 0 Å². The van der Waals surface area contributed by atoms with Crippen LogP contribution < -0.4 is 19.1 Å². The van der Waals surface area contributed by atoms with Gasteiger partial charge in [-0.05, 0) is 23.8 Å². The van der Waals surface area contributed by atoms with Crippen molar-refractivity contribution >= 4 is 21.7 Å². The second-order valence-corrected chi connectivity index (χ2v) is 7.21. The number of fused-ring (bicyclic) bond motifs is 1. The number of anilines is 1. The Morgan fingerprint density at radius 1 is 1.04 bits per heavy atom. The molecule has 1 N–H and O–H groups in total. The lowest BCUT2D eigenvalue weighted by Gasteiger charge is -2.25. The number of rotatable bonds is 6. The standard InChI is InChI=1S/C15H10F3NO7S/c16-24-11-6-5-9(14(25-17)15(11)26-18)19-10(7-13(20)21)8-3-1-2-4-12(8)27(19,22)23/h1-6,10H,7H2,(H,20,21). The van der Waals surface area contributed by atoms with Crippen molar-refractivity contribution < 1.29 is 46.7 Å². The number of halogens is 3. The summed E-state index contributed by atoms with van der Waals surface area (Å²) >= 11 is 0. The van der Waals surface area contributed by atoms with Crippen molar-refractivity contribution in [2.45, 2.75) is 17.4 Å². The summed E-state index contributed by atoms with van der Waals surface area (Å²) < 4.78 is 64.8. The molecule has 0 saturated carbocycles. The van der Waals surface area contributed by atoms with E-state index < -0.39 is 51.4 Å². The Hall–Kier alpha value is -3.15. The molecule has 0 radical (unpaired) electrons. The highest BCUT2D eigenvalue weighted by Gasteiger charge is 2.45. The molecule has 0 spiro atoms. The molecule has 1 atom stereocenters. The topological polar surface area (TPSA) is 102 Å². The lowest BCUT2D eigenvalue weighted by molar-refractivity contribution is -0.137. The monoisotopic (exact) mass is 405 g/mol. The highest BCUT2D eigenvalue weighted by Crippen LogP contribution is 2.52. The molecule has 144 valence electrons. The maximum atomic E-state index is 13.1. The predicted octanol–water partition coefficient (Wildman–Crippen LogP) is 3.20. The van der Waals surface area contributed by atoms with Gasteiger partial charge in [-0.1, -0.05) is 18.2 Å². The first-order valence-electron chi connectivity index (χ1n) is 7.24. The van der Waals surface area contributed by atoms with Crippen LogP contribution in [-0.2, 0) is 14.8 Å². The Bertz CT molecular complexity index is 999. The predicted molar refractivity (Wildman–Crippen MR) is 82.8 cm³/mol. The van der Waals surface area contributed by atoms with Gasteiger partial charge in [-0.2, -0.15) is 0 Å². The molecule has 0 aromatic heterocycles. The van der Waals surface area contributed by atoms with Crippen LogP contribution in [0.4, 0.5) is 19.3 Å². The SMILES string of the molecule is O=C(O)CC1c2ccccc2S(=O)(=O)N1c1ccc(OF)c(OF)c1OF. The molecule has 1 aliphatic rings. The Kier molecular flexibility index (Phi) is 4.74. The van der Waals surface area contributed by atoms with Gasteiger partial charge < -0.3 is 5.11 Å². The maximum absolute atomic E-state index is 13.1. The van der Waals surface area contributed by atoms with Gasteiger partial charge in [0.1, 0.15) is 5.69 Å². The molecule has 8 nitrogen and oxygen atoms in total. The van der Waals surface area contributed by atoms with Gasteiger partial charge >= 0.3 is 5.97 Å². The fraction of sp³-hybridized carbons (Fsp3) is 0.133. The van der Waals surface area contributed by atoms with Crippen molar-refractivity contribution in [2.24, 2.45) is 0 Å². The van der Waals surface area contributed by atoms with E-state index in [1.54, 1.807) is 0 Å². The normalized spacial score (nSPS) is 17.3. The molecule has 1 aliphatic heterocycles. The lowest BCUT2D eigenvalue weighted by atomic mass is 10.0. The average molecular weight is 405 g/mol. The highest BCUT2D eigenvalue weighted by molar-refractivity contribution is 7.93. The van der Waals surface area contributed by atoms with Crippen molar-refractivity contribution in [3.63, 3.8) is 0 Å². The number of aliphatic carboxylic acids is 1. The van der Waals surface area contributed by atoms with Crippen molar-refractivity contribution in [2.75, 3.05) is 4.31 Å². The summed E-state index contributed by atoms with van der Waals surface area (Å²) in [4.78, 5) is 21.2. The van der Waals surface area contributed by atoms with Gasteiger partial charge in [0.25, 0.3) is 15.8 Å². The number of benzene rings is 2. The van der Waals surface area contributed by atoms with Gasteiger partial charge in [0, 0.05) is 13.6 Å². The zero-order chi connectivity index (χ0) is 19.8. The van der Waals surface area contributed by atoms with E-state index in [-0.39, 0.29) is 10.5 Å². The van der Waals surface area contributed by atoms with E-state index in [9.17, 15) is 26.8 Å². The van der Waals surface area contributed by atoms with E-state index >= 15 is 0 Å². The first-order chi connectivity index (χ1) is 12.9. The fourth-order valence-electron chi connectivity index (χ4n) is 2.96. The van der Waals surface area contributed by atoms with Gasteiger partial charge in [0.2, 0.25) is 11.5 Å². The summed E-state index contributed by atoms with van der Waals surface area (Å²) in [5, 5.41) is 9.16. The van der Waals surface area contributed by atoms with E-state index in [0.717, 1.165) is 12.1 Å². The summed E-state index contributed by atoms with van der Waals surface area (Å²) in [5.41, 5.74) is -0.466. The molecule has 12 heteroatoms. The third-order valence-corrected chi connectivity index (χ3v) is 5.89. The molecule has 0 aliphatic carbocycles. The Morgan fingerprint density at radius 3 is 2.30 bits per heavy atom. The Morgan fingerprint density at radius 2 is 1.70 bits per heavy atom. The second kappa shape index (κ2) is 6.87. The van der Waals surface area contributed by atoms with Crippen LogP contribution in [-0.4, -0.2) is 19.5 Å².